The molecule has 0 amide bonds. The molecule has 0 aromatic carbocycles. The molecule has 1 atom stereocenters. The molecule has 0 saturated heterocycles. The SMILES string of the molecule is C[s+]1cccc1C(=O)O. The third-order valence-corrected chi connectivity index (χ3v) is 2.66. The van der Waals surface area contributed by atoms with Crippen LogP contribution in [0, 0.1) is 0 Å². The largest absolute Gasteiger partial charge is 0.474 e. The molecule has 1 aromatic rings. The van der Waals surface area contributed by atoms with Crippen LogP contribution in [0.5, 0.6) is 0 Å². The van der Waals surface area contributed by atoms with Crippen LogP contribution < -0.4 is 0 Å². The number of hydrogen-bond donors (Lipinski definition) is 1. The number of aryl methyl sites for hydroxylation is 1. The lowest BCUT2D eigenvalue weighted by Crippen LogP contribution is -1.91. The lowest BCUT2D eigenvalue weighted by Gasteiger charge is -1.78. The van der Waals surface area contributed by atoms with E-state index in [2.05, 4.69) is 0 Å². The van der Waals surface area contributed by atoms with Gasteiger partial charge >= 0.3 is 5.97 Å². The molecular formula is C6H7O2S+. The topological polar surface area (TPSA) is 37.3 Å². The fourth-order valence-corrected chi connectivity index (χ4v) is 1.66. The molecule has 1 heterocycles. The maximum atomic E-state index is 10.3. The maximum absolute atomic E-state index is 10.3. The van der Waals surface area contributed by atoms with Gasteiger partial charge in [0.05, 0.1) is 0 Å². The van der Waals surface area contributed by atoms with Crippen molar-refractivity contribution in [2.24, 2.45) is 6.26 Å². The Bertz CT molecular complexity index is 227. The predicted molar refractivity (Wildman–Crippen MR) is 36.9 cm³/mol. The van der Waals surface area contributed by atoms with Gasteiger partial charge in [-0.05, 0) is 16.5 Å². The number of rotatable bonds is 1. The molecule has 0 aliphatic rings. The van der Waals surface area contributed by atoms with Crippen LogP contribution in [0.1, 0.15) is 9.67 Å². The summed E-state index contributed by atoms with van der Waals surface area (Å²) in [5.41, 5.74) is 0. The molecule has 0 fully saturated rings. The molecule has 3 heteroatoms. The molecular weight excluding hydrogens is 136 g/mol. The average Bonchev–Trinajstić information content (AvgIpc) is 2.13. The van der Waals surface area contributed by atoms with E-state index in [1.54, 1.807) is 12.1 Å². The Morgan fingerprint density at radius 3 is 2.67 bits per heavy atom. The highest BCUT2D eigenvalue weighted by atomic mass is 32.2. The molecule has 0 aliphatic carbocycles. The van der Waals surface area contributed by atoms with Crippen LogP contribution in [0.15, 0.2) is 17.5 Å². The summed E-state index contributed by atoms with van der Waals surface area (Å²) in [5.74, 6) is -0.800. The summed E-state index contributed by atoms with van der Waals surface area (Å²) in [7, 11) is -0.160. The molecule has 0 radical (unpaired) electrons. The second-order valence-electron chi connectivity index (χ2n) is 1.72. The van der Waals surface area contributed by atoms with Crippen molar-refractivity contribution < 1.29 is 9.90 Å². The van der Waals surface area contributed by atoms with Crippen molar-refractivity contribution in [3.05, 3.63) is 22.4 Å². The van der Waals surface area contributed by atoms with E-state index in [1.165, 1.54) is 0 Å². The summed E-state index contributed by atoms with van der Waals surface area (Å²) in [6, 6.07) is 3.43. The number of aromatic carboxylic acids is 1. The van der Waals surface area contributed by atoms with Crippen LogP contribution in [0.3, 0.4) is 0 Å². The van der Waals surface area contributed by atoms with Gasteiger partial charge in [0.25, 0.3) is 4.88 Å². The lowest BCUT2D eigenvalue weighted by atomic mass is 10.5. The Labute approximate surface area is 55.7 Å². The molecule has 2 nitrogen and oxygen atoms in total. The third kappa shape index (κ3) is 1.10. The van der Waals surface area contributed by atoms with Crippen molar-refractivity contribution in [3.63, 3.8) is 0 Å². The van der Waals surface area contributed by atoms with Gasteiger partial charge < -0.3 is 5.11 Å². The van der Waals surface area contributed by atoms with Crippen LogP contribution in [0.2, 0.25) is 0 Å². The number of carboxylic acids is 1. The quantitative estimate of drug-likeness (QED) is 0.607. The van der Waals surface area contributed by atoms with E-state index in [-0.39, 0.29) is 10.5 Å². The van der Waals surface area contributed by atoms with E-state index >= 15 is 0 Å². The zero-order chi connectivity index (χ0) is 6.85. The van der Waals surface area contributed by atoms with Crippen molar-refractivity contribution in [1.29, 1.82) is 0 Å². The Kier molecular flexibility index (Phi) is 1.53. The van der Waals surface area contributed by atoms with Gasteiger partial charge in [0.15, 0.2) is 0 Å². The minimum absolute atomic E-state index is 0.160. The number of carboxylic acid groups (broad SMARTS) is 1. The summed E-state index contributed by atoms with van der Waals surface area (Å²) < 4.78 is 0. The third-order valence-electron chi connectivity index (χ3n) is 1.09. The van der Waals surface area contributed by atoms with Gasteiger partial charge in [0.2, 0.25) is 0 Å². The predicted octanol–water partition coefficient (Wildman–Crippen LogP) is 1.67. The highest BCUT2D eigenvalue weighted by Crippen LogP contribution is 2.19. The maximum Gasteiger partial charge on any atom is 0.389 e. The molecule has 1 rings (SSSR count). The Balaban J connectivity index is 3.08. The van der Waals surface area contributed by atoms with Crippen LogP contribution in [-0.2, 0) is 6.26 Å². The van der Waals surface area contributed by atoms with E-state index in [4.69, 9.17) is 5.11 Å². The minimum Gasteiger partial charge on any atom is -0.474 e. The molecule has 0 bridgehead atoms. The molecule has 1 N–H and O–H groups in total. The van der Waals surface area contributed by atoms with E-state index in [1.807, 2.05) is 11.6 Å². The second kappa shape index (κ2) is 2.19. The Morgan fingerprint density at radius 1 is 1.78 bits per heavy atom. The van der Waals surface area contributed by atoms with Gasteiger partial charge in [-0.3, -0.25) is 0 Å². The fraction of sp³-hybridized carbons (Fsp3) is 0.167. The summed E-state index contributed by atoms with van der Waals surface area (Å²) in [5, 5.41) is 10.4. The van der Waals surface area contributed by atoms with Crippen molar-refractivity contribution in [3.8, 4) is 0 Å². The molecule has 1 aromatic heterocycles. The molecule has 0 saturated carbocycles. The fourth-order valence-electron chi connectivity index (χ4n) is 0.634. The van der Waals surface area contributed by atoms with E-state index < -0.39 is 5.97 Å². The number of hydrogen-bond acceptors (Lipinski definition) is 1. The highest BCUT2D eigenvalue weighted by molar-refractivity contribution is 7.29. The standard InChI is InChI=1S/C6H6O2S/c1-9-4-2-3-5(9)6(7)8/h2-4H,1H3/p+1. The number of thiophene rings is 1. The molecule has 0 aliphatic heterocycles. The van der Waals surface area contributed by atoms with Crippen LogP contribution in [0.4, 0.5) is 0 Å². The zero-order valence-electron chi connectivity index (χ0n) is 5.00. The molecule has 1 unspecified atom stereocenters. The monoisotopic (exact) mass is 143 g/mol. The lowest BCUT2D eigenvalue weighted by molar-refractivity contribution is 0.0702. The highest BCUT2D eigenvalue weighted by Gasteiger charge is 2.14. The minimum atomic E-state index is -0.800. The molecule has 48 valence electrons. The summed E-state index contributed by atoms with van der Waals surface area (Å²) in [6.45, 7) is 0. The summed E-state index contributed by atoms with van der Waals surface area (Å²) >= 11 is 0. The smallest absolute Gasteiger partial charge is 0.389 e. The van der Waals surface area contributed by atoms with E-state index in [0.717, 1.165) is 0 Å². The number of carbonyl (C=O) groups is 1. The van der Waals surface area contributed by atoms with Gasteiger partial charge in [-0.15, -0.1) is 0 Å². The Morgan fingerprint density at radius 2 is 2.44 bits per heavy atom. The normalized spacial score (nSPS) is 11.4. The summed E-state index contributed by atoms with van der Waals surface area (Å²) in [4.78, 5) is 10.8. The average molecular weight is 143 g/mol. The van der Waals surface area contributed by atoms with E-state index in [0.29, 0.717) is 4.88 Å². The first-order valence-corrected chi connectivity index (χ1v) is 4.18. The van der Waals surface area contributed by atoms with Crippen molar-refractivity contribution in [2.75, 3.05) is 0 Å². The van der Waals surface area contributed by atoms with Crippen molar-refractivity contribution in [2.45, 2.75) is 0 Å². The Hall–Kier alpha value is -0.830. The summed E-state index contributed by atoms with van der Waals surface area (Å²) in [6.07, 6.45) is 1.89. The zero-order valence-corrected chi connectivity index (χ0v) is 5.81. The first-order chi connectivity index (χ1) is 4.22. The van der Waals surface area contributed by atoms with E-state index in [9.17, 15) is 4.79 Å². The molecule has 9 heavy (non-hydrogen) atoms. The van der Waals surface area contributed by atoms with Gasteiger partial charge in [-0.25, -0.2) is 4.79 Å². The first kappa shape index (κ1) is 6.29. The van der Waals surface area contributed by atoms with Crippen molar-refractivity contribution >= 4 is 16.4 Å². The van der Waals surface area contributed by atoms with Gasteiger partial charge in [-0.1, -0.05) is 0 Å². The van der Waals surface area contributed by atoms with Gasteiger partial charge in [0, 0.05) is 6.07 Å². The van der Waals surface area contributed by atoms with Crippen LogP contribution in [0.25, 0.3) is 0 Å². The van der Waals surface area contributed by atoms with Crippen LogP contribution in [-0.4, -0.2) is 11.1 Å². The van der Waals surface area contributed by atoms with Crippen LogP contribution >= 0.6 is 10.5 Å². The van der Waals surface area contributed by atoms with Gasteiger partial charge in [-0.2, -0.15) is 0 Å². The first-order valence-electron chi connectivity index (χ1n) is 2.48. The van der Waals surface area contributed by atoms with Crippen molar-refractivity contribution in [1.82, 2.24) is 0 Å². The second-order valence-corrected chi connectivity index (χ2v) is 3.55. The molecule has 0 spiro atoms. The van der Waals surface area contributed by atoms with Gasteiger partial charge in [0.1, 0.15) is 11.6 Å².